The summed E-state index contributed by atoms with van der Waals surface area (Å²) < 4.78 is 0. The maximum absolute atomic E-state index is 11.8. The number of benzene rings is 1. The van der Waals surface area contributed by atoms with Crippen molar-refractivity contribution >= 4 is 57.6 Å². The Kier molecular flexibility index (Phi) is 6.59. The van der Waals surface area contributed by atoms with E-state index in [2.05, 4.69) is 21.2 Å². The minimum atomic E-state index is -0.562. The second kappa shape index (κ2) is 8.67. The summed E-state index contributed by atoms with van der Waals surface area (Å²) in [6.07, 6.45) is 0. The molecule has 7 nitrogen and oxygen atoms in total. The average Bonchev–Trinajstić information content (AvgIpc) is 3.00. The maximum atomic E-state index is 11.8. The summed E-state index contributed by atoms with van der Waals surface area (Å²) in [7, 11) is 0. The van der Waals surface area contributed by atoms with Crippen molar-refractivity contribution in [2.24, 2.45) is 0 Å². The van der Waals surface area contributed by atoms with Crippen LogP contribution in [0.25, 0.3) is 0 Å². The molecule has 2 aromatic rings. The van der Waals surface area contributed by atoms with Gasteiger partial charge in [0, 0.05) is 22.2 Å². The second-order valence-electron chi connectivity index (χ2n) is 4.46. The van der Waals surface area contributed by atoms with Gasteiger partial charge in [0.15, 0.2) is 5.13 Å². The third kappa shape index (κ3) is 5.84. The average molecular weight is 385 g/mol. The van der Waals surface area contributed by atoms with Crippen LogP contribution < -0.4 is 16.2 Å². The van der Waals surface area contributed by atoms with Crippen molar-refractivity contribution in [3.8, 4) is 0 Å². The van der Waals surface area contributed by atoms with E-state index >= 15 is 0 Å². The lowest BCUT2D eigenvalue weighted by Gasteiger charge is -2.06. The van der Waals surface area contributed by atoms with E-state index in [4.69, 9.17) is 11.6 Å². The molecule has 0 aliphatic rings. The van der Waals surface area contributed by atoms with Crippen LogP contribution in [0.1, 0.15) is 17.4 Å². The molecule has 10 heteroatoms. The fraction of sp³-hybridized carbons (Fsp3) is 0.143. The highest BCUT2D eigenvalue weighted by atomic mass is 35.5. The van der Waals surface area contributed by atoms with E-state index in [1.54, 1.807) is 24.3 Å². The number of rotatable bonds is 5. The van der Waals surface area contributed by atoms with Crippen LogP contribution in [-0.4, -0.2) is 28.5 Å². The van der Waals surface area contributed by atoms with Crippen LogP contribution in [0.4, 0.5) is 5.13 Å². The highest BCUT2D eigenvalue weighted by Gasteiger charge is 2.12. The molecule has 0 radical (unpaired) electrons. The van der Waals surface area contributed by atoms with E-state index in [-0.39, 0.29) is 23.3 Å². The number of anilines is 1. The summed E-state index contributed by atoms with van der Waals surface area (Å²) in [5.41, 5.74) is 4.68. The summed E-state index contributed by atoms with van der Waals surface area (Å²) in [4.78, 5) is 39.3. The van der Waals surface area contributed by atoms with Gasteiger partial charge in [0.2, 0.25) is 11.8 Å². The number of carbonyl (C=O) groups is 3. The smallest absolute Gasteiger partial charge is 0.289 e. The third-order valence-electron chi connectivity index (χ3n) is 2.52. The zero-order valence-electron chi connectivity index (χ0n) is 12.5. The van der Waals surface area contributed by atoms with Gasteiger partial charge in [-0.1, -0.05) is 11.6 Å². The van der Waals surface area contributed by atoms with Crippen molar-refractivity contribution in [1.29, 1.82) is 0 Å². The van der Waals surface area contributed by atoms with Gasteiger partial charge in [-0.05, 0) is 24.3 Å². The Morgan fingerprint density at radius 1 is 1.21 bits per heavy atom. The quantitative estimate of drug-likeness (QED) is 0.542. The van der Waals surface area contributed by atoms with Crippen molar-refractivity contribution in [3.63, 3.8) is 0 Å². The predicted octanol–water partition coefficient (Wildman–Crippen LogP) is 2.31. The van der Waals surface area contributed by atoms with Gasteiger partial charge in [-0.25, -0.2) is 4.98 Å². The number of carbonyl (C=O) groups excluding carboxylic acids is 3. The van der Waals surface area contributed by atoms with Crippen LogP contribution in [0.5, 0.6) is 0 Å². The molecule has 0 aliphatic carbocycles. The molecule has 0 atom stereocenters. The van der Waals surface area contributed by atoms with Crippen molar-refractivity contribution in [2.75, 3.05) is 11.1 Å². The SMILES string of the molecule is CC(=O)Nc1nc(C(=O)NNC(=O)CSc2ccc(Cl)cc2)cs1. The lowest BCUT2D eigenvalue weighted by molar-refractivity contribution is -0.119. The highest BCUT2D eigenvalue weighted by molar-refractivity contribution is 8.00. The highest BCUT2D eigenvalue weighted by Crippen LogP contribution is 2.19. The molecule has 0 aliphatic heterocycles. The molecule has 3 amide bonds. The molecule has 1 heterocycles. The van der Waals surface area contributed by atoms with Gasteiger partial charge in [-0.2, -0.15) is 0 Å². The number of amides is 3. The molecule has 0 saturated carbocycles. The van der Waals surface area contributed by atoms with Crippen LogP contribution in [0.15, 0.2) is 34.5 Å². The lowest BCUT2D eigenvalue weighted by Crippen LogP contribution is -2.42. The molecule has 0 unspecified atom stereocenters. The lowest BCUT2D eigenvalue weighted by atomic mass is 10.4. The Labute approximate surface area is 151 Å². The number of nitrogens with one attached hydrogen (secondary N) is 3. The predicted molar refractivity (Wildman–Crippen MR) is 94.2 cm³/mol. The van der Waals surface area contributed by atoms with E-state index in [1.807, 2.05) is 0 Å². The van der Waals surface area contributed by atoms with Crippen molar-refractivity contribution in [3.05, 3.63) is 40.4 Å². The molecule has 0 bridgehead atoms. The van der Waals surface area contributed by atoms with Gasteiger partial charge in [-0.15, -0.1) is 23.1 Å². The van der Waals surface area contributed by atoms with E-state index in [0.29, 0.717) is 10.2 Å². The van der Waals surface area contributed by atoms with E-state index < -0.39 is 5.91 Å². The summed E-state index contributed by atoms with van der Waals surface area (Å²) in [6, 6.07) is 7.08. The summed E-state index contributed by atoms with van der Waals surface area (Å²) >= 11 is 8.21. The van der Waals surface area contributed by atoms with Crippen LogP contribution in [-0.2, 0) is 9.59 Å². The van der Waals surface area contributed by atoms with Gasteiger partial charge >= 0.3 is 0 Å². The number of aromatic nitrogens is 1. The Hall–Kier alpha value is -2.10. The van der Waals surface area contributed by atoms with E-state index in [0.717, 1.165) is 16.2 Å². The Morgan fingerprint density at radius 2 is 1.92 bits per heavy atom. The molecule has 0 fully saturated rings. The number of hydrazine groups is 1. The number of hydrogen-bond donors (Lipinski definition) is 3. The van der Waals surface area contributed by atoms with Crippen LogP contribution in [0.2, 0.25) is 5.02 Å². The van der Waals surface area contributed by atoms with Gasteiger partial charge in [0.25, 0.3) is 5.91 Å². The molecule has 3 N–H and O–H groups in total. The Morgan fingerprint density at radius 3 is 2.58 bits per heavy atom. The van der Waals surface area contributed by atoms with E-state index in [9.17, 15) is 14.4 Å². The molecular weight excluding hydrogens is 372 g/mol. The molecular formula is C14H13ClN4O3S2. The molecule has 1 aromatic heterocycles. The third-order valence-corrected chi connectivity index (χ3v) is 4.54. The van der Waals surface area contributed by atoms with Crippen LogP contribution >= 0.6 is 34.7 Å². The molecule has 2 rings (SSSR count). The number of hydrogen-bond acceptors (Lipinski definition) is 6. The summed E-state index contributed by atoms with van der Waals surface area (Å²) in [5.74, 6) is -1.06. The monoisotopic (exact) mass is 384 g/mol. The topological polar surface area (TPSA) is 100 Å². The van der Waals surface area contributed by atoms with Crippen molar-refractivity contribution in [2.45, 2.75) is 11.8 Å². The first-order chi connectivity index (χ1) is 11.4. The normalized spacial score (nSPS) is 10.1. The van der Waals surface area contributed by atoms with Gasteiger partial charge in [0.05, 0.1) is 5.75 Å². The first-order valence-corrected chi connectivity index (χ1v) is 8.89. The fourth-order valence-electron chi connectivity index (χ4n) is 1.49. The standard InChI is InChI=1S/C14H13ClN4O3S2/c1-8(20)16-14-17-11(6-24-14)13(22)19-18-12(21)7-23-10-4-2-9(15)3-5-10/h2-6H,7H2,1H3,(H,18,21)(H,19,22)(H,16,17,20). The largest absolute Gasteiger partial charge is 0.302 e. The molecule has 1 aromatic carbocycles. The van der Waals surface area contributed by atoms with Gasteiger partial charge in [-0.3, -0.25) is 25.2 Å². The zero-order chi connectivity index (χ0) is 17.5. The molecule has 0 saturated heterocycles. The van der Waals surface area contributed by atoms with Gasteiger partial charge in [0.1, 0.15) is 5.69 Å². The zero-order valence-corrected chi connectivity index (χ0v) is 14.8. The molecule has 24 heavy (non-hydrogen) atoms. The minimum absolute atomic E-state index is 0.106. The molecule has 0 spiro atoms. The van der Waals surface area contributed by atoms with Gasteiger partial charge < -0.3 is 5.32 Å². The first-order valence-electron chi connectivity index (χ1n) is 6.64. The fourth-order valence-corrected chi connectivity index (χ4v) is 3.05. The first kappa shape index (κ1) is 18.2. The Balaban J connectivity index is 1.76. The number of thioether (sulfide) groups is 1. The number of halogens is 1. The van der Waals surface area contributed by atoms with Crippen molar-refractivity contribution in [1.82, 2.24) is 15.8 Å². The Bertz CT molecular complexity index is 749. The number of thiazole rings is 1. The van der Waals surface area contributed by atoms with E-state index in [1.165, 1.54) is 24.1 Å². The second-order valence-corrected chi connectivity index (χ2v) is 6.81. The summed E-state index contributed by atoms with van der Waals surface area (Å²) in [5, 5.41) is 4.90. The van der Waals surface area contributed by atoms with Crippen LogP contribution in [0.3, 0.4) is 0 Å². The number of nitrogens with zero attached hydrogens (tertiary/aromatic N) is 1. The minimum Gasteiger partial charge on any atom is -0.302 e. The van der Waals surface area contributed by atoms with Crippen molar-refractivity contribution < 1.29 is 14.4 Å². The maximum Gasteiger partial charge on any atom is 0.289 e. The van der Waals surface area contributed by atoms with Crippen LogP contribution in [0, 0.1) is 0 Å². The summed E-state index contributed by atoms with van der Waals surface area (Å²) in [6.45, 7) is 1.35. The molecule has 126 valence electrons.